The Morgan fingerprint density at radius 2 is 1.75 bits per heavy atom. The number of hydrogen-bond donors (Lipinski definition) is 0. The minimum atomic E-state index is 0. The monoisotopic (exact) mass is 91.0 g/mol. The van der Waals surface area contributed by atoms with Crippen molar-refractivity contribution in [2.24, 2.45) is 0 Å². The van der Waals surface area contributed by atoms with Crippen LogP contribution in [0.2, 0.25) is 5.28 Å². The zero-order chi connectivity index (χ0) is 2.71. The van der Waals surface area contributed by atoms with Crippen molar-refractivity contribution >= 4 is 16.3 Å². The van der Waals surface area contributed by atoms with Crippen LogP contribution >= 0.6 is 0 Å². The summed E-state index contributed by atoms with van der Waals surface area (Å²) in [6.45, 7) is 2.09. The van der Waals surface area contributed by atoms with Crippen LogP contribution in [-0.4, -0.2) is 16.3 Å². The van der Waals surface area contributed by atoms with E-state index in [1.165, 1.54) is 5.28 Å². The van der Waals surface area contributed by atoms with E-state index < -0.39 is 0 Å². The van der Waals surface area contributed by atoms with Crippen LogP contribution in [0, 0.1) is 0 Å². The van der Waals surface area contributed by atoms with Gasteiger partial charge in [0.1, 0.15) is 0 Å². The van der Waals surface area contributed by atoms with Gasteiger partial charge >= 0.3 is 28.5 Å². The molecule has 1 radical (unpaired) electrons. The van der Waals surface area contributed by atoms with Gasteiger partial charge in [0.15, 0.2) is 0 Å². The van der Waals surface area contributed by atoms with Gasteiger partial charge in [0.25, 0.3) is 0 Å². The molecule has 4 heavy (non-hydrogen) atoms. The van der Waals surface area contributed by atoms with Crippen molar-refractivity contribution in [3.05, 3.63) is 0 Å². The number of rotatable bonds is 0. The third-order valence-electron chi connectivity index (χ3n) is 0. The van der Waals surface area contributed by atoms with Crippen LogP contribution in [0.25, 0.3) is 0 Å². The molecule has 2 heteroatoms. The Balaban J connectivity index is 0. The fourth-order valence-electron chi connectivity index (χ4n) is 0. The van der Waals surface area contributed by atoms with Gasteiger partial charge in [-0.25, -0.2) is 0 Å². The first kappa shape index (κ1) is 8.85. The van der Waals surface area contributed by atoms with E-state index in [0.29, 0.717) is 0 Å². The fraction of sp³-hybridized carbons (Fsp3) is 1.00. The number of hydrogen-bond acceptors (Lipinski definition) is 0. The van der Waals surface area contributed by atoms with Gasteiger partial charge in [-0.15, -0.1) is 0 Å². The van der Waals surface area contributed by atoms with Gasteiger partial charge in [0, 0.05) is 0 Å². The normalized spacial score (nSPS) is 4.00. The van der Waals surface area contributed by atoms with Crippen molar-refractivity contribution in [2.45, 2.75) is 12.2 Å². The molecule has 0 aromatic carbocycles. The first-order valence-electron chi connectivity index (χ1n) is 1.12. The minimum Gasteiger partial charge on any atom is -1.00 e. The summed E-state index contributed by atoms with van der Waals surface area (Å²) in [5, 5.41) is 1.17. The van der Waals surface area contributed by atoms with Crippen molar-refractivity contribution in [3.8, 4) is 0 Å². The topological polar surface area (TPSA) is 0 Å². The Bertz CT molecular complexity index is 6.00. The van der Waals surface area contributed by atoms with Crippen LogP contribution in [0.1, 0.15) is 6.92 Å². The van der Waals surface area contributed by atoms with E-state index >= 15 is 0 Å². The Morgan fingerprint density at radius 3 is 1.75 bits per heavy atom. The molecule has 0 rings (SSSR count). The molecule has 0 atom stereocenters. The minimum absolute atomic E-state index is 0. The van der Waals surface area contributed by atoms with E-state index in [9.17, 15) is 0 Å². The zero-order valence-electron chi connectivity index (χ0n) is 2.66. The summed E-state index contributed by atoms with van der Waals surface area (Å²) in [7, 11) is 0. The molecular formula is C2H5AlCl. The summed E-state index contributed by atoms with van der Waals surface area (Å²) in [6.07, 6.45) is 0. The molecular weight excluding hydrogens is 86.5 g/mol. The molecule has 0 spiro atoms. The maximum absolute atomic E-state index is 2.58. The van der Waals surface area contributed by atoms with Crippen LogP contribution < -0.4 is 12.4 Å². The first-order chi connectivity index (χ1) is 1.41. The number of halogens is 1. The van der Waals surface area contributed by atoms with Gasteiger partial charge in [0.05, 0.1) is 0 Å². The molecule has 0 aliphatic heterocycles. The Hall–Kier alpha value is 0.822. The van der Waals surface area contributed by atoms with Gasteiger partial charge in [-0.2, -0.15) is 0 Å². The molecule has 0 saturated carbocycles. The predicted octanol–water partition coefficient (Wildman–Crippen LogP) is -2.40. The predicted molar refractivity (Wildman–Crippen MR) is 16.2 cm³/mol. The average Bonchev–Trinajstić information content (AvgIpc) is 0.918. The van der Waals surface area contributed by atoms with E-state index in [1.54, 1.807) is 0 Å². The third-order valence-corrected chi connectivity index (χ3v) is 0. The van der Waals surface area contributed by atoms with Gasteiger partial charge in [0.2, 0.25) is 0 Å². The molecule has 0 bridgehead atoms. The first-order valence-corrected chi connectivity index (χ1v) is 1.93. The fourth-order valence-corrected chi connectivity index (χ4v) is 0. The van der Waals surface area contributed by atoms with E-state index in [4.69, 9.17) is 0 Å². The summed E-state index contributed by atoms with van der Waals surface area (Å²) in [6, 6.07) is 0. The molecule has 0 N–H and O–H groups in total. The van der Waals surface area contributed by atoms with Crippen LogP contribution in [0.5, 0.6) is 0 Å². The average molecular weight is 91.5 g/mol. The van der Waals surface area contributed by atoms with Crippen molar-refractivity contribution in [1.29, 1.82) is 0 Å². The van der Waals surface area contributed by atoms with Gasteiger partial charge in [-0.05, 0) is 0 Å². The Morgan fingerprint density at radius 1 is 1.75 bits per heavy atom. The molecule has 0 amide bonds. The molecule has 23 valence electrons. The SMILES string of the molecule is C[CH2][Al+].[Cl-]. The zero-order valence-corrected chi connectivity index (χ0v) is 4.57. The summed E-state index contributed by atoms with van der Waals surface area (Å²) in [5.41, 5.74) is 0. The maximum Gasteiger partial charge on any atom is -1.00 e. The van der Waals surface area contributed by atoms with E-state index in [0.717, 1.165) is 0 Å². The summed E-state index contributed by atoms with van der Waals surface area (Å²) in [4.78, 5) is 0. The van der Waals surface area contributed by atoms with Crippen molar-refractivity contribution in [2.75, 3.05) is 0 Å². The molecule has 0 nitrogen and oxygen atoms in total. The summed E-state index contributed by atoms with van der Waals surface area (Å²) >= 11 is 2.58. The molecule has 0 unspecified atom stereocenters. The van der Waals surface area contributed by atoms with Crippen molar-refractivity contribution in [1.82, 2.24) is 0 Å². The van der Waals surface area contributed by atoms with E-state index in [-0.39, 0.29) is 12.4 Å². The molecule has 0 aromatic rings. The van der Waals surface area contributed by atoms with Gasteiger partial charge < -0.3 is 12.4 Å². The van der Waals surface area contributed by atoms with Crippen LogP contribution in [0.15, 0.2) is 0 Å². The van der Waals surface area contributed by atoms with Crippen LogP contribution in [-0.2, 0) is 0 Å². The van der Waals surface area contributed by atoms with E-state index in [2.05, 4.69) is 23.2 Å². The summed E-state index contributed by atoms with van der Waals surface area (Å²) in [5.74, 6) is 0. The van der Waals surface area contributed by atoms with Crippen molar-refractivity contribution < 1.29 is 12.4 Å². The smallest absolute Gasteiger partial charge is 1.00 e. The van der Waals surface area contributed by atoms with Crippen LogP contribution in [0.3, 0.4) is 0 Å². The second-order valence-corrected chi connectivity index (χ2v) is 1.22. The van der Waals surface area contributed by atoms with Crippen LogP contribution in [0.4, 0.5) is 0 Å². The molecule has 0 heterocycles. The van der Waals surface area contributed by atoms with Crippen molar-refractivity contribution in [3.63, 3.8) is 0 Å². The quantitative estimate of drug-likeness (QED) is 0.292. The maximum atomic E-state index is 2.58. The van der Waals surface area contributed by atoms with E-state index in [1.807, 2.05) is 0 Å². The molecule has 0 aromatic heterocycles. The standard InChI is InChI=1S/C2H5.Al.ClH/c1-2;;/h1H2,2H3;;1H/q;+1;/p-1. The molecule has 0 fully saturated rings. The Labute approximate surface area is 41.4 Å². The molecule has 0 saturated heterocycles. The second kappa shape index (κ2) is 9.17. The molecule has 0 aliphatic carbocycles. The van der Waals surface area contributed by atoms with Gasteiger partial charge in [-0.3, -0.25) is 0 Å². The third kappa shape index (κ3) is 13.9. The summed E-state index contributed by atoms with van der Waals surface area (Å²) < 4.78 is 0. The van der Waals surface area contributed by atoms with Gasteiger partial charge in [-0.1, -0.05) is 0 Å². The molecule has 0 aliphatic rings. The largest absolute Gasteiger partial charge is 1.00 e. The Kier molecular flexibility index (Phi) is 20.3. The second-order valence-electron chi connectivity index (χ2n) is 0.408.